The maximum Gasteiger partial charge on any atom is 0.339 e. The molecule has 0 saturated heterocycles. The molecular weight excluding hydrogens is 268 g/mol. The molecule has 19 heavy (non-hydrogen) atoms. The van der Waals surface area contributed by atoms with Crippen LogP contribution in [0.25, 0.3) is 11.0 Å². The van der Waals surface area contributed by atoms with Crippen LogP contribution in [-0.4, -0.2) is 29.9 Å². The summed E-state index contributed by atoms with van der Waals surface area (Å²) in [6.45, 7) is 0. The normalized spacial score (nSPS) is 10.6. The standard InChI is InChI=1S/C13H12O5S/c1-17-11(14)7-19-6-10-12(13(15)16)8-4-2-3-5-9(8)18-10/h2-5H,6-7H2,1H3,(H,15,16). The van der Waals surface area contributed by atoms with Crippen molar-refractivity contribution in [2.24, 2.45) is 0 Å². The lowest BCUT2D eigenvalue weighted by atomic mass is 10.1. The molecule has 0 aliphatic heterocycles. The van der Waals surface area contributed by atoms with Crippen molar-refractivity contribution in [2.45, 2.75) is 5.75 Å². The van der Waals surface area contributed by atoms with Crippen LogP contribution in [0.1, 0.15) is 16.1 Å². The van der Waals surface area contributed by atoms with Gasteiger partial charge in [0.1, 0.15) is 16.9 Å². The quantitative estimate of drug-likeness (QED) is 0.848. The van der Waals surface area contributed by atoms with E-state index >= 15 is 0 Å². The number of carbonyl (C=O) groups is 2. The summed E-state index contributed by atoms with van der Waals surface area (Å²) in [4.78, 5) is 22.3. The van der Waals surface area contributed by atoms with Crippen molar-refractivity contribution < 1.29 is 23.8 Å². The number of thioether (sulfide) groups is 1. The zero-order chi connectivity index (χ0) is 13.8. The van der Waals surface area contributed by atoms with Gasteiger partial charge in [-0.25, -0.2) is 4.79 Å². The van der Waals surface area contributed by atoms with Crippen molar-refractivity contribution in [2.75, 3.05) is 12.9 Å². The van der Waals surface area contributed by atoms with Crippen molar-refractivity contribution in [1.29, 1.82) is 0 Å². The second kappa shape index (κ2) is 5.79. The van der Waals surface area contributed by atoms with E-state index in [1.165, 1.54) is 18.9 Å². The van der Waals surface area contributed by atoms with Gasteiger partial charge in [-0.3, -0.25) is 4.79 Å². The van der Waals surface area contributed by atoms with Crippen LogP contribution in [-0.2, 0) is 15.3 Å². The number of methoxy groups -OCH3 is 1. The zero-order valence-electron chi connectivity index (χ0n) is 10.2. The van der Waals surface area contributed by atoms with Crippen LogP contribution in [0.4, 0.5) is 0 Å². The van der Waals surface area contributed by atoms with Gasteiger partial charge in [-0.15, -0.1) is 11.8 Å². The molecule has 2 aromatic rings. The van der Waals surface area contributed by atoms with Gasteiger partial charge >= 0.3 is 11.9 Å². The average molecular weight is 280 g/mol. The molecule has 0 spiro atoms. The highest BCUT2D eigenvalue weighted by molar-refractivity contribution is 7.99. The summed E-state index contributed by atoms with van der Waals surface area (Å²) in [5.74, 6) is -0.544. The predicted molar refractivity (Wildman–Crippen MR) is 71.4 cm³/mol. The maximum absolute atomic E-state index is 11.3. The first-order chi connectivity index (χ1) is 9.13. The first-order valence-corrected chi connectivity index (χ1v) is 6.67. The van der Waals surface area contributed by atoms with Gasteiger partial charge in [0, 0.05) is 5.39 Å². The van der Waals surface area contributed by atoms with Gasteiger partial charge in [-0.05, 0) is 6.07 Å². The fraction of sp³-hybridized carbons (Fsp3) is 0.231. The fourth-order valence-electron chi connectivity index (χ4n) is 1.72. The van der Waals surface area contributed by atoms with E-state index in [4.69, 9.17) is 4.42 Å². The van der Waals surface area contributed by atoms with Crippen LogP contribution < -0.4 is 0 Å². The summed E-state index contributed by atoms with van der Waals surface area (Å²) in [6, 6.07) is 6.96. The molecule has 1 aromatic carbocycles. The van der Waals surface area contributed by atoms with Crippen molar-refractivity contribution >= 4 is 34.7 Å². The van der Waals surface area contributed by atoms with Crippen LogP contribution in [0.15, 0.2) is 28.7 Å². The number of furan rings is 1. The minimum atomic E-state index is -1.03. The number of carboxylic acids is 1. The van der Waals surface area contributed by atoms with Gasteiger partial charge in [0.25, 0.3) is 0 Å². The topological polar surface area (TPSA) is 76.7 Å². The largest absolute Gasteiger partial charge is 0.478 e. The smallest absolute Gasteiger partial charge is 0.339 e. The Morgan fingerprint density at radius 2 is 2.11 bits per heavy atom. The Balaban J connectivity index is 2.24. The third-order valence-electron chi connectivity index (χ3n) is 2.56. The van der Waals surface area contributed by atoms with E-state index in [2.05, 4.69) is 4.74 Å². The number of aromatic carboxylic acids is 1. The molecule has 1 aromatic heterocycles. The number of benzene rings is 1. The number of para-hydroxylation sites is 1. The zero-order valence-corrected chi connectivity index (χ0v) is 11.0. The first kappa shape index (κ1) is 13.5. The Kier molecular flexibility index (Phi) is 4.11. The Bertz CT molecular complexity index is 617. The van der Waals surface area contributed by atoms with E-state index in [9.17, 15) is 14.7 Å². The van der Waals surface area contributed by atoms with Crippen molar-refractivity contribution in [3.05, 3.63) is 35.6 Å². The summed E-state index contributed by atoms with van der Waals surface area (Å²) in [6.07, 6.45) is 0. The minimum Gasteiger partial charge on any atom is -0.478 e. The minimum absolute atomic E-state index is 0.159. The van der Waals surface area contributed by atoms with E-state index in [1.807, 2.05) is 0 Å². The third-order valence-corrected chi connectivity index (χ3v) is 3.47. The molecule has 0 aliphatic rings. The highest BCUT2D eigenvalue weighted by Gasteiger charge is 2.19. The van der Waals surface area contributed by atoms with Crippen molar-refractivity contribution in [3.8, 4) is 0 Å². The molecule has 6 heteroatoms. The Morgan fingerprint density at radius 3 is 2.79 bits per heavy atom. The van der Waals surface area contributed by atoms with Crippen LogP contribution >= 0.6 is 11.8 Å². The summed E-state index contributed by atoms with van der Waals surface area (Å²) < 4.78 is 10.0. The lowest BCUT2D eigenvalue weighted by Gasteiger charge is -1.99. The molecule has 0 saturated carbocycles. The van der Waals surface area contributed by atoms with E-state index in [1.54, 1.807) is 24.3 Å². The second-order valence-electron chi connectivity index (χ2n) is 3.77. The number of ether oxygens (including phenoxy) is 1. The van der Waals surface area contributed by atoms with Gasteiger partial charge in [0.15, 0.2) is 0 Å². The number of carboxylic acid groups (broad SMARTS) is 1. The van der Waals surface area contributed by atoms with Crippen molar-refractivity contribution in [3.63, 3.8) is 0 Å². The molecule has 0 atom stereocenters. The third kappa shape index (κ3) is 2.90. The molecule has 100 valence electrons. The summed E-state index contributed by atoms with van der Waals surface area (Å²) in [7, 11) is 1.31. The number of carbonyl (C=O) groups excluding carboxylic acids is 1. The van der Waals surface area contributed by atoms with Gasteiger partial charge in [-0.2, -0.15) is 0 Å². The molecule has 0 fully saturated rings. The number of hydrogen-bond acceptors (Lipinski definition) is 5. The fourth-order valence-corrected chi connectivity index (χ4v) is 2.49. The van der Waals surface area contributed by atoms with E-state index in [0.717, 1.165) is 0 Å². The predicted octanol–water partition coefficient (Wildman–Crippen LogP) is 2.54. The molecule has 0 aliphatic carbocycles. The molecular formula is C13H12O5S. The number of fused-ring (bicyclic) bond motifs is 1. The SMILES string of the molecule is COC(=O)CSCc1oc2ccccc2c1C(=O)O. The molecule has 5 nitrogen and oxygen atoms in total. The van der Waals surface area contributed by atoms with Gasteiger partial charge in [0.05, 0.1) is 18.6 Å². The van der Waals surface area contributed by atoms with Gasteiger partial charge < -0.3 is 14.3 Å². The maximum atomic E-state index is 11.3. The van der Waals surface area contributed by atoms with Gasteiger partial charge in [-0.1, -0.05) is 18.2 Å². The monoisotopic (exact) mass is 280 g/mol. The molecule has 0 bridgehead atoms. The molecule has 1 N–H and O–H groups in total. The van der Waals surface area contributed by atoms with Crippen LogP contribution in [0.2, 0.25) is 0 Å². The number of hydrogen-bond donors (Lipinski definition) is 1. The Morgan fingerprint density at radius 1 is 1.37 bits per heavy atom. The number of esters is 1. The van der Waals surface area contributed by atoms with Crippen LogP contribution in [0.5, 0.6) is 0 Å². The number of rotatable bonds is 5. The Labute approximate surface area is 113 Å². The molecule has 0 radical (unpaired) electrons. The van der Waals surface area contributed by atoms with E-state index < -0.39 is 5.97 Å². The molecule has 0 unspecified atom stereocenters. The summed E-state index contributed by atoms with van der Waals surface area (Å²) in [5.41, 5.74) is 0.696. The van der Waals surface area contributed by atoms with Crippen molar-refractivity contribution in [1.82, 2.24) is 0 Å². The molecule has 1 heterocycles. The summed E-state index contributed by atoms with van der Waals surface area (Å²) >= 11 is 1.25. The lowest BCUT2D eigenvalue weighted by Crippen LogP contribution is -2.04. The molecule has 0 amide bonds. The highest BCUT2D eigenvalue weighted by Crippen LogP contribution is 2.28. The van der Waals surface area contributed by atoms with E-state index in [0.29, 0.717) is 22.5 Å². The van der Waals surface area contributed by atoms with E-state index in [-0.39, 0.29) is 17.3 Å². The molecule has 2 rings (SSSR count). The van der Waals surface area contributed by atoms with Crippen LogP contribution in [0.3, 0.4) is 0 Å². The van der Waals surface area contributed by atoms with Gasteiger partial charge in [0.2, 0.25) is 0 Å². The lowest BCUT2D eigenvalue weighted by molar-refractivity contribution is -0.137. The highest BCUT2D eigenvalue weighted by atomic mass is 32.2. The second-order valence-corrected chi connectivity index (χ2v) is 4.76. The van der Waals surface area contributed by atoms with Crippen LogP contribution in [0, 0.1) is 0 Å². The summed E-state index contributed by atoms with van der Waals surface area (Å²) in [5, 5.41) is 9.82. The Hall–Kier alpha value is -1.95. The first-order valence-electron chi connectivity index (χ1n) is 5.51. The average Bonchev–Trinajstić information content (AvgIpc) is 2.76.